The molecule has 1 N–H and O–H groups in total. The van der Waals surface area contributed by atoms with Crippen molar-refractivity contribution in [2.45, 2.75) is 19.2 Å². The number of hydrogen-bond donors (Lipinski definition) is 1. The first-order valence-electron chi connectivity index (χ1n) is 6.29. The van der Waals surface area contributed by atoms with Crippen molar-refractivity contribution in [3.8, 4) is 0 Å². The standard InChI is InChI=1S/C12H17FNO6P/c1-3-19-21(18,20-4-2)12(15,9-14(16)17)10-7-5-6-8-11(10)13/h5-8,15H,3-4,9H2,1-2H3. The first-order valence-corrected chi connectivity index (χ1v) is 7.83. The molecule has 0 fully saturated rings. The number of halogens is 1. The minimum atomic E-state index is -4.37. The molecule has 1 unspecified atom stereocenters. The minimum Gasteiger partial charge on any atom is -0.368 e. The van der Waals surface area contributed by atoms with Crippen LogP contribution >= 0.6 is 7.60 Å². The Labute approximate surface area is 121 Å². The SMILES string of the molecule is CCOP(=O)(OCC)C(O)(C[N+](=O)[O-])c1ccccc1F. The van der Waals surface area contributed by atoms with Gasteiger partial charge < -0.3 is 14.2 Å². The van der Waals surface area contributed by atoms with Crippen molar-refractivity contribution in [1.82, 2.24) is 0 Å². The van der Waals surface area contributed by atoms with Crippen LogP contribution in [0.25, 0.3) is 0 Å². The van der Waals surface area contributed by atoms with Crippen molar-refractivity contribution < 1.29 is 28.0 Å². The summed E-state index contributed by atoms with van der Waals surface area (Å²) in [6, 6.07) is 4.83. The first kappa shape index (κ1) is 17.7. The second-order valence-corrected chi connectivity index (χ2v) is 6.37. The predicted molar refractivity (Wildman–Crippen MR) is 73.0 cm³/mol. The van der Waals surface area contributed by atoms with Crippen LogP contribution in [0.2, 0.25) is 0 Å². The van der Waals surface area contributed by atoms with Crippen LogP contribution in [0.1, 0.15) is 19.4 Å². The maximum Gasteiger partial charge on any atom is 0.373 e. The number of nitro groups is 1. The Kier molecular flexibility index (Phi) is 5.98. The summed E-state index contributed by atoms with van der Waals surface area (Å²) < 4.78 is 36.6. The maximum absolute atomic E-state index is 13.9. The summed E-state index contributed by atoms with van der Waals surface area (Å²) in [7, 11) is -4.37. The lowest BCUT2D eigenvalue weighted by molar-refractivity contribution is -0.496. The van der Waals surface area contributed by atoms with Gasteiger partial charge in [0.2, 0.25) is 6.54 Å². The molecule has 118 valence electrons. The Morgan fingerprint density at radius 2 is 1.86 bits per heavy atom. The molecule has 0 saturated carbocycles. The molecule has 1 atom stereocenters. The molecule has 1 rings (SSSR count). The quantitative estimate of drug-likeness (QED) is 0.449. The highest BCUT2D eigenvalue weighted by Crippen LogP contribution is 2.63. The fraction of sp³-hybridized carbons (Fsp3) is 0.500. The summed E-state index contributed by atoms with van der Waals surface area (Å²) >= 11 is 0. The van der Waals surface area contributed by atoms with Gasteiger partial charge in [0.05, 0.1) is 13.2 Å². The lowest BCUT2D eigenvalue weighted by Gasteiger charge is -2.31. The van der Waals surface area contributed by atoms with Crippen molar-refractivity contribution >= 4 is 7.60 Å². The van der Waals surface area contributed by atoms with Gasteiger partial charge in [0.1, 0.15) is 5.82 Å². The molecule has 0 radical (unpaired) electrons. The van der Waals surface area contributed by atoms with Crippen LogP contribution in [-0.2, 0) is 19.0 Å². The van der Waals surface area contributed by atoms with Crippen LogP contribution in [0.3, 0.4) is 0 Å². The van der Waals surface area contributed by atoms with E-state index in [9.17, 15) is 24.2 Å². The summed E-state index contributed by atoms with van der Waals surface area (Å²) in [4.78, 5) is 9.95. The van der Waals surface area contributed by atoms with E-state index in [-0.39, 0.29) is 13.2 Å². The summed E-state index contributed by atoms with van der Waals surface area (Å²) in [5, 5.41) is 18.8. The normalized spacial score (nSPS) is 14.7. The Hall–Kier alpha value is -1.34. The largest absolute Gasteiger partial charge is 0.373 e. The van der Waals surface area contributed by atoms with Crippen LogP contribution in [0.15, 0.2) is 24.3 Å². The molecule has 0 aromatic heterocycles. The summed E-state index contributed by atoms with van der Waals surface area (Å²) in [5.41, 5.74) is -0.494. The van der Waals surface area contributed by atoms with E-state index in [2.05, 4.69) is 0 Å². The topological polar surface area (TPSA) is 98.9 Å². The molecule has 1 aromatic rings. The van der Waals surface area contributed by atoms with Crippen LogP contribution < -0.4 is 0 Å². The summed E-state index contributed by atoms with van der Waals surface area (Å²) in [6.45, 7) is 1.53. The predicted octanol–water partition coefficient (Wildman–Crippen LogP) is 2.51. The van der Waals surface area contributed by atoms with Crippen molar-refractivity contribution in [3.05, 3.63) is 45.8 Å². The van der Waals surface area contributed by atoms with Gasteiger partial charge in [-0.3, -0.25) is 14.7 Å². The van der Waals surface area contributed by atoms with Crippen LogP contribution in [0.5, 0.6) is 0 Å². The molecular formula is C12H17FNO6P. The molecule has 7 nitrogen and oxygen atoms in total. The van der Waals surface area contributed by atoms with Crippen LogP contribution in [0.4, 0.5) is 4.39 Å². The van der Waals surface area contributed by atoms with E-state index >= 15 is 0 Å². The van der Waals surface area contributed by atoms with Gasteiger partial charge in [-0.25, -0.2) is 4.39 Å². The summed E-state index contributed by atoms with van der Waals surface area (Å²) in [6.07, 6.45) is 0. The minimum absolute atomic E-state index is 0.119. The van der Waals surface area contributed by atoms with E-state index in [1.807, 2.05) is 0 Å². The van der Waals surface area contributed by atoms with Crippen LogP contribution in [-0.4, -0.2) is 29.8 Å². The monoisotopic (exact) mass is 321 g/mol. The number of rotatable bonds is 8. The fourth-order valence-corrected chi connectivity index (χ4v) is 3.82. The highest BCUT2D eigenvalue weighted by Gasteiger charge is 2.56. The molecule has 0 aliphatic carbocycles. The van der Waals surface area contributed by atoms with Crippen molar-refractivity contribution in [3.63, 3.8) is 0 Å². The van der Waals surface area contributed by atoms with Gasteiger partial charge in [-0.05, 0) is 19.9 Å². The fourth-order valence-electron chi connectivity index (χ4n) is 1.88. The Balaban J connectivity index is 3.48. The van der Waals surface area contributed by atoms with E-state index in [1.165, 1.54) is 26.0 Å². The van der Waals surface area contributed by atoms with E-state index in [1.54, 1.807) is 0 Å². The molecule has 0 heterocycles. The smallest absolute Gasteiger partial charge is 0.368 e. The second-order valence-electron chi connectivity index (χ2n) is 4.12. The molecule has 0 spiro atoms. The molecule has 9 heteroatoms. The molecule has 21 heavy (non-hydrogen) atoms. The van der Waals surface area contributed by atoms with E-state index in [0.717, 1.165) is 12.1 Å². The molecule has 0 amide bonds. The van der Waals surface area contributed by atoms with Crippen molar-refractivity contribution in [1.29, 1.82) is 0 Å². The maximum atomic E-state index is 13.9. The zero-order chi connectivity index (χ0) is 16.1. The molecule has 1 aromatic carbocycles. The van der Waals surface area contributed by atoms with Gasteiger partial charge in [-0.2, -0.15) is 0 Å². The zero-order valence-corrected chi connectivity index (χ0v) is 12.6. The van der Waals surface area contributed by atoms with Crippen molar-refractivity contribution in [2.75, 3.05) is 19.8 Å². The second kappa shape index (κ2) is 7.09. The third kappa shape index (κ3) is 3.65. The lowest BCUT2D eigenvalue weighted by Crippen LogP contribution is -2.36. The molecule has 0 aliphatic heterocycles. The number of benzene rings is 1. The highest BCUT2D eigenvalue weighted by molar-refractivity contribution is 7.55. The van der Waals surface area contributed by atoms with Gasteiger partial charge >= 0.3 is 7.60 Å². The molecule has 0 bridgehead atoms. The number of nitrogens with zero attached hydrogens (tertiary/aromatic N) is 1. The lowest BCUT2D eigenvalue weighted by atomic mass is 10.1. The highest BCUT2D eigenvalue weighted by atomic mass is 31.2. The Morgan fingerprint density at radius 3 is 2.29 bits per heavy atom. The third-order valence-corrected chi connectivity index (χ3v) is 5.19. The Morgan fingerprint density at radius 1 is 1.33 bits per heavy atom. The first-order chi connectivity index (χ1) is 9.80. The van der Waals surface area contributed by atoms with E-state index in [0.29, 0.717) is 0 Å². The Bertz CT molecular complexity index is 544. The summed E-state index contributed by atoms with van der Waals surface area (Å²) in [5.74, 6) is -0.929. The average molecular weight is 321 g/mol. The molecule has 0 aliphatic rings. The number of aliphatic hydroxyl groups is 1. The van der Waals surface area contributed by atoms with Gasteiger partial charge in [0.15, 0.2) is 0 Å². The zero-order valence-electron chi connectivity index (χ0n) is 11.7. The van der Waals surface area contributed by atoms with Crippen LogP contribution in [0, 0.1) is 15.9 Å². The van der Waals surface area contributed by atoms with Crippen molar-refractivity contribution in [2.24, 2.45) is 0 Å². The van der Waals surface area contributed by atoms with Gasteiger partial charge in [0, 0.05) is 10.5 Å². The molecule has 0 saturated heterocycles. The van der Waals surface area contributed by atoms with E-state index in [4.69, 9.17) is 9.05 Å². The number of hydrogen-bond acceptors (Lipinski definition) is 6. The third-order valence-electron chi connectivity index (χ3n) is 2.71. The van der Waals surface area contributed by atoms with Gasteiger partial charge in [-0.1, -0.05) is 18.2 Å². The van der Waals surface area contributed by atoms with Gasteiger partial charge in [-0.15, -0.1) is 0 Å². The molecular weight excluding hydrogens is 304 g/mol. The average Bonchev–Trinajstić information content (AvgIpc) is 2.38. The van der Waals surface area contributed by atoms with E-state index < -0.39 is 35.8 Å². The van der Waals surface area contributed by atoms with Gasteiger partial charge in [0.25, 0.3) is 5.34 Å².